The predicted octanol–water partition coefficient (Wildman–Crippen LogP) is 2.54. The van der Waals surface area contributed by atoms with Gasteiger partial charge < -0.3 is 15.7 Å². The van der Waals surface area contributed by atoms with E-state index in [1.165, 1.54) is 6.07 Å². The molecule has 1 unspecified atom stereocenters. The van der Waals surface area contributed by atoms with E-state index in [0.717, 1.165) is 32.6 Å². The minimum Gasteiger partial charge on any atom is -0.478 e. The van der Waals surface area contributed by atoms with Crippen LogP contribution in [0, 0.1) is 0 Å². The first-order chi connectivity index (χ1) is 9.93. The van der Waals surface area contributed by atoms with E-state index in [2.05, 4.69) is 18.7 Å². The number of rotatable bonds is 4. The molecule has 5 nitrogen and oxygen atoms in total. The SMILES string of the molecule is CCC(C)N1CCN(c2c(Cl)cc(N)cc2C(=O)O)CC1. The van der Waals surface area contributed by atoms with Crippen molar-refractivity contribution in [3.63, 3.8) is 0 Å². The van der Waals surface area contributed by atoms with Gasteiger partial charge in [0.25, 0.3) is 0 Å². The molecular formula is C15H22ClN3O2. The highest BCUT2D eigenvalue weighted by Crippen LogP contribution is 2.33. The Bertz CT molecular complexity index is 528. The van der Waals surface area contributed by atoms with Gasteiger partial charge in [-0.2, -0.15) is 0 Å². The van der Waals surface area contributed by atoms with Crippen molar-refractivity contribution in [3.05, 3.63) is 22.7 Å². The van der Waals surface area contributed by atoms with Crippen LogP contribution in [-0.4, -0.2) is 48.2 Å². The molecule has 0 aliphatic carbocycles. The molecule has 0 aromatic heterocycles. The molecule has 1 fully saturated rings. The van der Waals surface area contributed by atoms with E-state index in [0.29, 0.717) is 22.4 Å². The number of hydrogen-bond donors (Lipinski definition) is 2. The zero-order valence-electron chi connectivity index (χ0n) is 12.5. The molecule has 1 atom stereocenters. The van der Waals surface area contributed by atoms with Crippen LogP contribution in [-0.2, 0) is 0 Å². The van der Waals surface area contributed by atoms with Gasteiger partial charge in [0.2, 0.25) is 0 Å². The van der Waals surface area contributed by atoms with Crippen molar-refractivity contribution < 1.29 is 9.90 Å². The van der Waals surface area contributed by atoms with Crippen molar-refractivity contribution in [1.29, 1.82) is 0 Å². The largest absolute Gasteiger partial charge is 0.478 e. The minimum atomic E-state index is -0.997. The molecule has 1 aromatic carbocycles. The zero-order chi connectivity index (χ0) is 15.6. The summed E-state index contributed by atoms with van der Waals surface area (Å²) in [5.41, 5.74) is 6.84. The topological polar surface area (TPSA) is 69.8 Å². The minimum absolute atomic E-state index is 0.178. The van der Waals surface area contributed by atoms with Crippen molar-refractivity contribution in [3.8, 4) is 0 Å². The molecule has 1 aromatic rings. The molecule has 2 rings (SSSR count). The van der Waals surface area contributed by atoms with Crippen molar-refractivity contribution in [2.45, 2.75) is 26.3 Å². The lowest BCUT2D eigenvalue weighted by molar-refractivity contribution is 0.0697. The maximum Gasteiger partial charge on any atom is 0.337 e. The predicted molar refractivity (Wildman–Crippen MR) is 86.4 cm³/mol. The molecule has 0 spiro atoms. The summed E-state index contributed by atoms with van der Waals surface area (Å²) in [7, 11) is 0. The molecule has 1 saturated heterocycles. The Morgan fingerprint density at radius 3 is 2.52 bits per heavy atom. The lowest BCUT2D eigenvalue weighted by atomic mass is 10.1. The van der Waals surface area contributed by atoms with Crippen LogP contribution >= 0.6 is 11.6 Å². The Kier molecular flexibility index (Phi) is 4.96. The summed E-state index contributed by atoms with van der Waals surface area (Å²) in [4.78, 5) is 15.9. The van der Waals surface area contributed by atoms with Crippen molar-refractivity contribution in [2.24, 2.45) is 0 Å². The quantitative estimate of drug-likeness (QED) is 0.836. The first kappa shape index (κ1) is 15.9. The Labute approximate surface area is 130 Å². The third-order valence-electron chi connectivity index (χ3n) is 4.16. The first-order valence-corrected chi connectivity index (χ1v) is 7.63. The number of anilines is 2. The summed E-state index contributed by atoms with van der Waals surface area (Å²) in [5.74, 6) is -0.997. The van der Waals surface area contributed by atoms with E-state index < -0.39 is 5.97 Å². The van der Waals surface area contributed by atoms with Crippen LogP contribution in [0.2, 0.25) is 5.02 Å². The van der Waals surface area contributed by atoms with Crippen LogP contribution in [0.15, 0.2) is 12.1 Å². The summed E-state index contributed by atoms with van der Waals surface area (Å²) in [6.45, 7) is 7.76. The molecule has 21 heavy (non-hydrogen) atoms. The molecule has 0 radical (unpaired) electrons. The molecule has 1 aliphatic rings. The molecular weight excluding hydrogens is 290 g/mol. The van der Waals surface area contributed by atoms with Crippen LogP contribution in [0.1, 0.15) is 30.6 Å². The third kappa shape index (κ3) is 3.41. The number of nitrogen functional groups attached to an aromatic ring is 1. The van der Waals surface area contributed by atoms with E-state index in [9.17, 15) is 9.90 Å². The highest BCUT2D eigenvalue weighted by atomic mass is 35.5. The molecule has 0 bridgehead atoms. The monoisotopic (exact) mass is 311 g/mol. The summed E-state index contributed by atoms with van der Waals surface area (Å²) >= 11 is 6.24. The van der Waals surface area contributed by atoms with Crippen LogP contribution in [0.25, 0.3) is 0 Å². The maximum atomic E-state index is 11.4. The van der Waals surface area contributed by atoms with Gasteiger partial charge in [0.15, 0.2) is 0 Å². The molecule has 6 heteroatoms. The van der Waals surface area contributed by atoms with Gasteiger partial charge in [-0.05, 0) is 25.5 Å². The number of carbonyl (C=O) groups is 1. The highest BCUT2D eigenvalue weighted by molar-refractivity contribution is 6.34. The van der Waals surface area contributed by atoms with Crippen molar-refractivity contribution in [1.82, 2.24) is 4.90 Å². The van der Waals surface area contributed by atoms with Crippen molar-refractivity contribution in [2.75, 3.05) is 36.8 Å². The normalized spacial score (nSPS) is 17.8. The number of piperazine rings is 1. The van der Waals surface area contributed by atoms with Gasteiger partial charge in [0, 0.05) is 37.9 Å². The van der Waals surface area contributed by atoms with Crippen molar-refractivity contribution >= 4 is 28.9 Å². The number of aromatic carboxylic acids is 1. The van der Waals surface area contributed by atoms with Crippen LogP contribution in [0.4, 0.5) is 11.4 Å². The van der Waals surface area contributed by atoms with E-state index >= 15 is 0 Å². The second kappa shape index (κ2) is 6.54. The average Bonchev–Trinajstić information content (AvgIpc) is 2.46. The molecule has 0 saturated carbocycles. The van der Waals surface area contributed by atoms with Gasteiger partial charge in [0.05, 0.1) is 16.3 Å². The van der Waals surface area contributed by atoms with E-state index in [-0.39, 0.29) is 5.56 Å². The van der Waals surface area contributed by atoms with Gasteiger partial charge in [-0.1, -0.05) is 18.5 Å². The molecule has 116 valence electrons. The highest BCUT2D eigenvalue weighted by Gasteiger charge is 2.25. The summed E-state index contributed by atoms with van der Waals surface area (Å²) in [6, 6.07) is 3.64. The molecule has 0 amide bonds. The fraction of sp³-hybridized carbons (Fsp3) is 0.533. The summed E-state index contributed by atoms with van der Waals surface area (Å²) in [6.07, 6.45) is 1.11. The fourth-order valence-corrected chi connectivity index (χ4v) is 3.10. The van der Waals surface area contributed by atoms with E-state index in [4.69, 9.17) is 17.3 Å². The van der Waals surface area contributed by atoms with Gasteiger partial charge in [-0.25, -0.2) is 4.79 Å². The zero-order valence-corrected chi connectivity index (χ0v) is 13.2. The van der Waals surface area contributed by atoms with Gasteiger partial charge in [0.1, 0.15) is 0 Å². The second-order valence-corrected chi connectivity index (χ2v) is 5.89. The van der Waals surface area contributed by atoms with Gasteiger partial charge in [-0.15, -0.1) is 0 Å². The fourth-order valence-electron chi connectivity index (χ4n) is 2.75. The van der Waals surface area contributed by atoms with E-state index in [1.807, 2.05) is 4.90 Å². The number of nitrogens with zero attached hydrogens (tertiary/aromatic N) is 2. The number of carboxylic acids is 1. The van der Waals surface area contributed by atoms with Gasteiger partial charge in [-0.3, -0.25) is 4.90 Å². The molecule has 1 heterocycles. The Morgan fingerprint density at radius 2 is 2.00 bits per heavy atom. The molecule has 1 aliphatic heterocycles. The lowest BCUT2D eigenvalue weighted by Crippen LogP contribution is -2.49. The standard InChI is InChI=1S/C15H22ClN3O2/c1-3-10(2)18-4-6-19(7-5-18)14-12(15(20)21)8-11(17)9-13(14)16/h8-10H,3-7,17H2,1-2H3,(H,20,21). The molecule has 3 N–H and O–H groups in total. The Morgan fingerprint density at radius 1 is 1.38 bits per heavy atom. The number of carboxylic acid groups (broad SMARTS) is 1. The number of nitrogens with two attached hydrogens (primary N) is 1. The smallest absolute Gasteiger partial charge is 0.337 e. The van der Waals surface area contributed by atoms with Crippen LogP contribution in [0.5, 0.6) is 0 Å². The van der Waals surface area contributed by atoms with Crippen LogP contribution in [0.3, 0.4) is 0 Å². The third-order valence-corrected chi connectivity index (χ3v) is 4.45. The van der Waals surface area contributed by atoms with Crippen LogP contribution < -0.4 is 10.6 Å². The Balaban J connectivity index is 2.22. The number of benzene rings is 1. The Hall–Kier alpha value is -1.46. The van der Waals surface area contributed by atoms with Gasteiger partial charge >= 0.3 is 5.97 Å². The average molecular weight is 312 g/mol. The first-order valence-electron chi connectivity index (χ1n) is 7.25. The maximum absolute atomic E-state index is 11.4. The lowest BCUT2D eigenvalue weighted by Gasteiger charge is -2.39. The number of hydrogen-bond acceptors (Lipinski definition) is 4. The summed E-state index contributed by atoms with van der Waals surface area (Å²) in [5, 5.41) is 9.78. The second-order valence-electron chi connectivity index (χ2n) is 5.48. The number of halogens is 1. The summed E-state index contributed by atoms with van der Waals surface area (Å²) < 4.78 is 0. The van der Waals surface area contributed by atoms with E-state index in [1.54, 1.807) is 6.07 Å².